The molecule has 3 nitrogen and oxygen atoms in total. The van der Waals surface area contributed by atoms with Crippen molar-refractivity contribution in [3.63, 3.8) is 0 Å². The molecule has 0 amide bonds. The minimum Gasteiger partial charge on any atom is -0.354 e. The molecule has 2 aliphatic rings. The molecule has 2 fully saturated rings. The van der Waals surface area contributed by atoms with Gasteiger partial charge in [-0.1, -0.05) is 6.42 Å². The van der Waals surface area contributed by atoms with Gasteiger partial charge in [-0.15, -0.1) is 0 Å². The molecule has 1 aliphatic carbocycles. The Labute approximate surface area is 126 Å². The Morgan fingerprint density at radius 1 is 1.29 bits per heavy atom. The number of nitrogens with zero attached hydrogens (tertiary/aromatic N) is 2. The van der Waals surface area contributed by atoms with E-state index in [1.807, 2.05) is 0 Å². The standard InChI is InChI=1S/C17H26FN3/c1-17(2,3)20-9-12-7-8-19-16(15(12)18)21-10-13-5-4-6-14(13)11-21/h7-8,13-14,20H,4-6,9-11H2,1-3H3. The van der Waals surface area contributed by atoms with Crippen LogP contribution in [0.25, 0.3) is 0 Å². The van der Waals surface area contributed by atoms with E-state index < -0.39 is 0 Å². The average molecular weight is 291 g/mol. The summed E-state index contributed by atoms with van der Waals surface area (Å²) < 4.78 is 14.7. The van der Waals surface area contributed by atoms with Gasteiger partial charge in [0.05, 0.1) is 0 Å². The molecule has 1 N–H and O–H groups in total. The number of pyridine rings is 1. The molecular formula is C17H26FN3. The van der Waals surface area contributed by atoms with Gasteiger partial charge in [0.2, 0.25) is 0 Å². The summed E-state index contributed by atoms with van der Waals surface area (Å²) in [5, 5.41) is 3.35. The molecule has 1 saturated carbocycles. The first-order valence-corrected chi connectivity index (χ1v) is 8.07. The van der Waals surface area contributed by atoms with Gasteiger partial charge in [-0.3, -0.25) is 0 Å². The van der Waals surface area contributed by atoms with Crippen LogP contribution in [0.1, 0.15) is 45.6 Å². The van der Waals surface area contributed by atoms with Crippen LogP contribution >= 0.6 is 0 Å². The van der Waals surface area contributed by atoms with Crippen LogP contribution < -0.4 is 10.2 Å². The van der Waals surface area contributed by atoms with Gasteiger partial charge in [-0.2, -0.15) is 0 Å². The van der Waals surface area contributed by atoms with Gasteiger partial charge < -0.3 is 10.2 Å². The summed E-state index contributed by atoms with van der Waals surface area (Å²) in [6, 6.07) is 1.79. The number of halogens is 1. The highest BCUT2D eigenvalue weighted by Gasteiger charge is 2.37. The third-order valence-corrected chi connectivity index (χ3v) is 4.79. The Kier molecular flexibility index (Phi) is 3.91. The average Bonchev–Trinajstić information content (AvgIpc) is 2.97. The van der Waals surface area contributed by atoms with Crippen molar-refractivity contribution >= 4 is 5.82 Å². The minimum absolute atomic E-state index is 0.0134. The fraction of sp³-hybridized carbons (Fsp3) is 0.706. The SMILES string of the molecule is CC(C)(C)NCc1ccnc(N2CC3CCCC3C2)c1F. The van der Waals surface area contributed by atoms with Gasteiger partial charge in [0, 0.05) is 36.9 Å². The van der Waals surface area contributed by atoms with Crippen LogP contribution in [0.2, 0.25) is 0 Å². The van der Waals surface area contributed by atoms with Crippen molar-refractivity contribution in [2.45, 2.75) is 52.1 Å². The van der Waals surface area contributed by atoms with Crippen LogP contribution in [-0.4, -0.2) is 23.6 Å². The largest absolute Gasteiger partial charge is 0.354 e. The summed E-state index contributed by atoms with van der Waals surface area (Å²) in [4.78, 5) is 6.47. The molecule has 2 unspecified atom stereocenters. The van der Waals surface area contributed by atoms with E-state index in [4.69, 9.17) is 0 Å². The first-order valence-electron chi connectivity index (χ1n) is 8.07. The fourth-order valence-electron chi connectivity index (χ4n) is 3.60. The molecule has 0 aromatic carbocycles. The van der Waals surface area contributed by atoms with Crippen LogP contribution in [-0.2, 0) is 6.54 Å². The van der Waals surface area contributed by atoms with E-state index in [0.29, 0.717) is 17.9 Å². The smallest absolute Gasteiger partial charge is 0.170 e. The van der Waals surface area contributed by atoms with E-state index in [2.05, 4.69) is 36.0 Å². The highest BCUT2D eigenvalue weighted by molar-refractivity contribution is 5.44. The number of aromatic nitrogens is 1. The molecule has 21 heavy (non-hydrogen) atoms. The monoisotopic (exact) mass is 291 g/mol. The summed E-state index contributed by atoms with van der Waals surface area (Å²) in [6.45, 7) is 8.78. The van der Waals surface area contributed by atoms with E-state index in [9.17, 15) is 4.39 Å². The molecule has 2 atom stereocenters. The van der Waals surface area contributed by atoms with E-state index in [1.54, 1.807) is 12.3 Å². The summed E-state index contributed by atoms with van der Waals surface area (Å²) in [5.74, 6) is 1.91. The van der Waals surface area contributed by atoms with Crippen LogP contribution in [0.5, 0.6) is 0 Å². The zero-order valence-corrected chi connectivity index (χ0v) is 13.3. The second-order valence-corrected chi connectivity index (χ2v) is 7.57. The number of nitrogens with one attached hydrogen (secondary N) is 1. The molecule has 0 radical (unpaired) electrons. The number of hydrogen-bond acceptors (Lipinski definition) is 3. The van der Waals surface area contributed by atoms with Gasteiger partial charge >= 0.3 is 0 Å². The number of fused-ring (bicyclic) bond motifs is 1. The molecule has 4 heteroatoms. The Hall–Kier alpha value is -1.16. The molecule has 3 rings (SSSR count). The third-order valence-electron chi connectivity index (χ3n) is 4.79. The minimum atomic E-state index is -0.144. The van der Waals surface area contributed by atoms with Crippen LogP contribution in [0.4, 0.5) is 10.2 Å². The Morgan fingerprint density at radius 2 is 1.95 bits per heavy atom. The highest BCUT2D eigenvalue weighted by atomic mass is 19.1. The lowest BCUT2D eigenvalue weighted by Gasteiger charge is -2.23. The van der Waals surface area contributed by atoms with Gasteiger partial charge in [0.1, 0.15) is 0 Å². The van der Waals surface area contributed by atoms with Gasteiger partial charge in [0.25, 0.3) is 0 Å². The summed E-state index contributed by atoms with van der Waals surface area (Å²) in [5.41, 5.74) is 0.701. The van der Waals surface area contributed by atoms with Crippen LogP contribution in [0.3, 0.4) is 0 Å². The maximum atomic E-state index is 14.7. The molecule has 116 valence electrons. The highest BCUT2D eigenvalue weighted by Crippen LogP contribution is 2.39. The molecular weight excluding hydrogens is 265 g/mol. The van der Waals surface area contributed by atoms with Crippen molar-refractivity contribution in [1.29, 1.82) is 0 Å². The second kappa shape index (κ2) is 5.56. The predicted octanol–water partition coefficient (Wildman–Crippen LogP) is 3.35. The van der Waals surface area contributed by atoms with E-state index in [0.717, 1.165) is 24.9 Å². The lowest BCUT2D eigenvalue weighted by molar-refractivity contribution is 0.418. The normalized spacial score (nSPS) is 25.4. The molecule has 1 saturated heterocycles. The molecule has 1 aromatic rings. The number of rotatable bonds is 3. The summed E-state index contributed by atoms with van der Waals surface area (Å²) in [6.07, 6.45) is 5.68. The van der Waals surface area contributed by atoms with Crippen molar-refractivity contribution in [3.05, 3.63) is 23.6 Å². The van der Waals surface area contributed by atoms with E-state index in [1.165, 1.54) is 19.3 Å². The van der Waals surface area contributed by atoms with Gasteiger partial charge in [-0.25, -0.2) is 9.37 Å². The molecule has 2 heterocycles. The van der Waals surface area contributed by atoms with Crippen molar-refractivity contribution in [1.82, 2.24) is 10.3 Å². The first kappa shape index (κ1) is 14.8. The molecule has 1 aliphatic heterocycles. The Bertz CT molecular complexity index is 497. The third kappa shape index (κ3) is 3.20. The maximum absolute atomic E-state index is 14.7. The zero-order chi connectivity index (χ0) is 15.0. The molecule has 1 aromatic heterocycles. The first-order chi connectivity index (χ1) is 9.94. The summed E-state index contributed by atoms with van der Waals surface area (Å²) in [7, 11) is 0. The topological polar surface area (TPSA) is 28.2 Å². The maximum Gasteiger partial charge on any atom is 0.170 e. The Balaban J connectivity index is 1.74. The van der Waals surface area contributed by atoms with Gasteiger partial charge in [0.15, 0.2) is 11.6 Å². The van der Waals surface area contributed by atoms with Gasteiger partial charge in [-0.05, 0) is 51.5 Å². The Morgan fingerprint density at radius 3 is 2.57 bits per heavy atom. The lowest BCUT2D eigenvalue weighted by Crippen LogP contribution is -2.35. The lowest BCUT2D eigenvalue weighted by atomic mass is 10.0. The number of anilines is 1. The predicted molar refractivity (Wildman–Crippen MR) is 83.8 cm³/mol. The van der Waals surface area contributed by atoms with Crippen LogP contribution in [0.15, 0.2) is 12.3 Å². The van der Waals surface area contributed by atoms with Crippen molar-refractivity contribution in [2.24, 2.45) is 11.8 Å². The van der Waals surface area contributed by atoms with E-state index >= 15 is 0 Å². The summed E-state index contributed by atoms with van der Waals surface area (Å²) >= 11 is 0. The second-order valence-electron chi connectivity index (χ2n) is 7.57. The molecule has 0 bridgehead atoms. The number of hydrogen-bond donors (Lipinski definition) is 1. The fourth-order valence-corrected chi connectivity index (χ4v) is 3.60. The van der Waals surface area contributed by atoms with Crippen molar-refractivity contribution in [2.75, 3.05) is 18.0 Å². The van der Waals surface area contributed by atoms with Crippen molar-refractivity contribution < 1.29 is 4.39 Å². The van der Waals surface area contributed by atoms with E-state index in [-0.39, 0.29) is 11.4 Å². The van der Waals surface area contributed by atoms with Crippen LogP contribution in [0, 0.1) is 17.7 Å². The quantitative estimate of drug-likeness (QED) is 0.925. The zero-order valence-electron chi connectivity index (χ0n) is 13.3. The molecule has 0 spiro atoms. The van der Waals surface area contributed by atoms with Crippen molar-refractivity contribution in [3.8, 4) is 0 Å².